The Morgan fingerprint density at radius 3 is 2.17 bits per heavy atom. The molecular formula is C10H11Cl2. The maximum atomic E-state index is 5.85. The van der Waals surface area contributed by atoms with Gasteiger partial charge in [-0.2, -0.15) is 0 Å². The van der Waals surface area contributed by atoms with E-state index in [0.717, 1.165) is 5.56 Å². The fourth-order valence-electron chi connectivity index (χ4n) is 0.905. The van der Waals surface area contributed by atoms with Gasteiger partial charge in [0.25, 0.3) is 0 Å². The predicted octanol–water partition coefficient (Wildman–Crippen LogP) is 4.09. The Bertz CT molecular complexity index is 264. The molecule has 0 atom stereocenters. The van der Waals surface area contributed by atoms with Crippen LogP contribution >= 0.6 is 23.2 Å². The molecule has 0 aliphatic heterocycles. The van der Waals surface area contributed by atoms with Gasteiger partial charge in [-0.15, -0.1) is 0 Å². The highest BCUT2D eigenvalue weighted by Crippen LogP contribution is 2.27. The lowest BCUT2D eigenvalue weighted by atomic mass is 9.87. The highest BCUT2D eigenvalue weighted by Gasteiger charge is 2.14. The molecule has 65 valence electrons. The summed E-state index contributed by atoms with van der Waals surface area (Å²) >= 11 is 11.7. The number of rotatable bonds is 0. The van der Waals surface area contributed by atoms with Gasteiger partial charge < -0.3 is 0 Å². The molecule has 2 heteroatoms. The second-order valence-electron chi connectivity index (χ2n) is 3.81. The zero-order chi connectivity index (χ0) is 9.35. The van der Waals surface area contributed by atoms with E-state index < -0.39 is 0 Å². The molecule has 0 amide bonds. The van der Waals surface area contributed by atoms with Crippen LogP contribution in [0.4, 0.5) is 0 Å². The topological polar surface area (TPSA) is 0 Å². The van der Waals surface area contributed by atoms with Crippen LogP contribution in [0.1, 0.15) is 26.3 Å². The van der Waals surface area contributed by atoms with Gasteiger partial charge in [-0.05, 0) is 23.1 Å². The smallest absolute Gasteiger partial charge is 0.0502 e. The summed E-state index contributed by atoms with van der Waals surface area (Å²) in [6, 6.07) is 6.66. The largest absolute Gasteiger partial charge is 0.0843 e. The molecule has 1 rings (SSSR count). The average Bonchev–Trinajstić information content (AvgIpc) is 1.82. The maximum absolute atomic E-state index is 5.85. The molecule has 0 spiro atoms. The molecule has 0 aromatic heterocycles. The van der Waals surface area contributed by atoms with E-state index in [2.05, 4.69) is 26.8 Å². The second kappa shape index (κ2) is 3.27. The quantitative estimate of drug-likeness (QED) is 0.594. The molecule has 0 unspecified atom stereocenters. The first-order chi connectivity index (χ1) is 5.39. The van der Waals surface area contributed by atoms with Gasteiger partial charge in [0.2, 0.25) is 0 Å². The molecule has 1 aromatic rings. The van der Waals surface area contributed by atoms with Gasteiger partial charge in [0.05, 0.1) is 5.02 Å². The summed E-state index contributed by atoms with van der Waals surface area (Å²) in [4.78, 5) is 0. The van der Waals surface area contributed by atoms with Crippen LogP contribution in [0.15, 0.2) is 12.1 Å². The molecule has 0 fully saturated rings. The minimum Gasteiger partial charge on any atom is -0.0843 e. The molecule has 0 bridgehead atoms. The van der Waals surface area contributed by atoms with Crippen molar-refractivity contribution in [2.75, 3.05) is 0 Å². The van der Waals surface area contributed by atoms with Crippen molar-refractivity contribution in [1.29, 1.82) is 0 Å². The SMILES string of the molecule is CC(C)(C)c1[c]c(Cl)cc(Cl)c1. The number of halogens is 2. The fourth-order valence-corrected chi connectivity index (χ4v) is 1.40. The lowest BCUT2D eigenvalue weighted by Gasteiger charge is -2.18. The van der Waals surface area contributed by atoms with Gasteiger partial charge in [-0.3, -0.25) is 0 Å². The number of benzene rings is 1. The molecule has 12 heavy (non-hydrogen) atoms. The summed E-state index contributed by atoms with van der Waals surface area (Å²) in [6.07, 6.45) is 0. The summed E-state index contributed by atoms with van der Waals surface area (Å²) in [5, 5.41) is 1.25. The van der Waals surface area contributed by atoms with Crippen LogP contribution in [-0.4, -0.2) is 0 Å². The van der Waals surface area contributed by atoms with E-state index in [1.807, 2.05) is 6.07 Å². The van der Waals surface area contributed by atoms with E-state index in [4.69, 9.17) is 23.2 Å². The highest BCUT2D eigenvalue weighted by molar-refractivity contribution is 6.34. The van der Waals surface area contributed by atoms with Crippen LogP contribution < -0.4 is 0 Å². The van der Waals surface area contributed by atoms with Crippen LogP contribution in [-0.2, 0) is 5.41 Å². The van der Waals surface area contributed by atoms with Gasteiger partial charge in [0.15, 0.2) is 0 Å². The van der Waals surface area contributed by atoms with Gasteiger partial charge in [-0.1, -0.05) is 44.0 Å². The summed E-state index contributed by atoms with van der Waals surface area (Å²) in [6.45, 7) is 6.31. The second-order valence-corrected chi connectivity index (χ2v) is 4.65. The molecule has 1 aromatic carbocycles. The van der Waals surface area contributed by atoms with Crippen molar-refractivity contribution < 1.29 is 0 Å². The fraction of sp³-hybridized carbons (Fsp3) is 0.400. The Labute approximate surface area is 83.5 Å². The zero-order valence-electron chi connectivity index (χ0n) is 7.41. The molecule has 0 aliphatic rings. The molecule has 0 saturated heterocycles. The van der Waals surface area contributed by atoms with E-state index in [1.165, 1.54) is 0 Å². The minimum absolute atomic E-state index is 0.0501. The predicted molar refractivity (Wildman–Crippen MR) is 54.0 cm³/mol. The molecule has 0 aliphatic carbocycles. The normalized spacial score (nSPS) is 11.8. The van der Waals surface area contributed by atoms with Crippen molar-refractivity contribution in [2.45, 2.75) is 26.2 Å². The molecule has 0 nitrogen and oxygen atoms in total. The van der Waals surface area contributed by atoms with E-state index in [-0.39, 0.29) is 5.41 Å². The Morgan fingerprint density at radius 1 is 1.17 bits per heavy atom. The molecule has 0 N–H and O–H groups in total. The Morgan fingerprint density at radius 2 is 1.75 bits per heavy atom. The van der Waals surface area contributed by atoms with Crippen LogP contribution in [0, 0.1) is 6.07 Å². The Balaban J connectivity index is 3.18. The average molecular weight is 202 g/mol. The third-order valence-corrected chi connectivity index (χ3v) is 2.03. The van der Waals surface area contributed by atoms with Crippen molar-refractivity contribution >= 4 is 23.2 Å². The lowest BCUT2D eigenvalue weighted by molar-refractivity contribution is 0.589. The third-order valence-electron chi connectivity index (χ3n) is 1.61. The minimum atomic E-state index is 0.0501. The van der Waals surface area contributed by atoms with Crippen LogP contribution in [0.3, 0.4) is 0 Å². The van der Waals surface area contributed by atoms with Crippen molar-refractivity contribution in [2.24, 2.45) is 0 Å². The zero-order valence-corrected chi connectivity index (χ0v) is 8.92. The van der Waals surface area contributed by atoms with Crippen LogP contribution in [0.25, 0.3) is 0 Å². The van der Waals surface area contributed by atoms with E-state index in [1.54, 1.807) is 6.07 Å². The Hall–Kier alpha value is -0.200. The maximum Gasteiger partial charge on any atom is 0.0502 e. The molecule has 0 heterocycles. The van der Waals surface area contributed by atoms with Crippen molar-refractivity contribution in [3.8, 4) is 0 Å². The van der Waals surface area contributed by atoms with Gasteiger partial charge in [-0.25, -0.2) is 0 Å². The Kier molecular flexibility index (Phi) is 2.70. The van der Waals surface area contributed by atoms with Crippen molar-refractivity contribution in [3.63, 3.8) is 0 Å². The molecular weight excluding hydrogens is 191 g/mol. The van der Waals surface area contributed by atoms with Crippen molar-refractivity contribution in [1.82, 2.24) is 0 Å². The number of hydrogen-bond acceptors (Lipinski definition) is 0. The lowest BCUT2D eigenvalue weighted by Crippen LogP contribution is -2.10. The van der Waals surface area contributed by atoms with Crippen LogP contribution in [0.2, 0.25) is 10.0 Å². The summed E-state index contributed by atoms with van der Waals surface area (Å²) in [5.41, 5.74) is 1.09. The first kappa shape index (κ1) is 9.88. The highest BCUT2D eigenvalue weighted by atomic mass is 35.5. The van der Waals surface area contributed by atoms with E-state index in [9.17, 15) is 0 Å². The summed E-state index contributed by atoms with van der Waals surface area (Å²) in [7, 11) is 0. The molecule has 1 radical (unpaired) electrons. The first-order valence-electron chi connectivity index (χ1n) is 3.78. The van der Waals surface area contributed by atoms with E-state index >= 15 is 0 Å². The summed E-state index contributed by atoms with van der Waals surface area (Å²) in [5.74, 6) is 0. The van der Waals surface area contributed by atoms with Crippen molar-refractivity contribution in [3.05, 3.63) is 33.8 Å². The van der Waals surface area contributed by atoms with Gasteiger partial charge in [0, 0.05) is 11.1 Å². The standard InChI is InChI=1S/C10H11Cl2/c1-10(2,3)7-4-8(11)6-9(12)5-7/h4,6H,1-3H3. The van der Waals surface area contributed by atoms with Gasteiger partial charge in [0.1, 0.15) is 0 Å². The van der Waals surface area contributed by atoms with E-state index in [0.29, 0.717) is 10.0 Å². The number of hydrogen-bond donors (Lipinski definition) is 0. The van der Waals surface area contributed by atoms with Crippen LogP contribution in [0.5, 0.6) is 0 Å². The summed E-state index contributed by atoms with van der Waals surface area (Å²) < 4.78 is 0. The van der Waals surface area contributed by atoms with Gasteiger partial charge >= 0.3 is 0 Å². The molecule has 0 saturated carbocycles. The third kappa shape index (κ3) is 2.40. The first-order valence-corrected chi connectivity index (χ1v) is 4.54. The monoisotopic (exact) mass is 201 g/mol.